The molecule has 0 aliphatic rings. The van der Waals surface area contributed by atoms with Gasteiger partial charge in [0.2, 0.25) is 11.1 Å². The van der Waals surface area contributed by atoms with Crippen molar-refractivity contribution in [2.45, 2.75) is 11.6 Å². The van der Waals surface area contributed by atoms with E-state index >= 15 is 0 Å². The summed E-state index contributed by atoms with van der Waals surface area (Å²) in [5.41, 5.74) is 0.757. The third-order valence-electron chi connectivity index (χ3n) is 3.14. The van der Waals surface area contributed by atoms with Crippen LogP contribution in [0.25, 0.3) is 0 Å². The third kappa shape index (κ3) is 4.82. The number of nitriles is 1. The van der Waals surface area contributed by atoms with Gasteiger partial charge >= 0.3 is 0 Å². The van der Waals surface area contributed by atoms with Crippen LogP contribution < -0.4 is 5.32 Å². The van der Waals surface area contributed by atoms with Crippen LogP contribution in [-0.4, -0.2) is 26.8 Å². The van der Waals surface area contributed by atoms with Gasteiger partial charge in [0.25, 0.3) is 0 Å². The molecule has 0 fully saturated rings. The molecule has 2 N–H and O–H groups in total. The Labute approximate surface area is 157 Å². The van der Waals surface area contributed by atoms with Gasteiger partial charge in [-0.25, -0.2) is 4.98 Å². The van der Waals surface area contributed by atoms with Crippen LogP contribution in [0.3, 0.4) is 0 Å². The van der Waals surface area contributed by atoms with Gasteiger partial charge in [0.15, 0.2) is 0 Å². The molecule has 2 heterocycles. The highest BCUT2D eigenvalue weighted by Crippen LogP contribution is 2.21. The van der Waals surface area contributed by atoms with E-state index < -0.39 is 0 Å². The lowest BCUT2D eigenvalue weighted by atomic mass is 10.2. The van der Waals surface area contributed by atoms with Crippen molar-refractivity contribution in [2.24, 2.45) is 0 Å². The lowest BCUT2D eigenvalue weighted by molar-refractivity contribution is -0.113. The molecule has 0 atom stereocenters. The summed E-state index contributed by atoms with van der Waals surface area (Å²) in [5.74, 6) is 0.633. The smallest absolute Gasteiger partial charge is 0.234 e. The number of thiophene rings is 1. The van der Waals surface area contributed by atoms with E-state index in [-0.39, 0.29) is 11.7 Å². The zero-order chi connectivity index (χ0) is 17.6. The van der Waals surface area contributed by atoms with Crippen LogP contribution in [0.2, 0.25) is 5.02 Å². The fourth-order valence-electron chi connectivity index (χ4n) is 2.03. The zero-order valence-corrected chi connectivity index (χ0v) is 15.2. The number of benzene rings is 1. The van der Waals surface area contributed by atoms with E-state index in [1.807, 2.05) is 23.6 Å². The second kappa shape index (κ2) is 8.16. The van der Waals surface area contributed by atoms with Gasteiger partial charge in [-0.3, -0.25) is 9.89 Å². The minimum absolute atomic E-state index is 0.133. The fraction of sp³-hybridized carbons (Fsp3) is 0.125. The van der Waals surface area contributed by atoms with Gasteiger partial charge in [0.1, 0.15) is 11.9 Å². The number of nitrogens with zero attached hydrogens (tertiary/aromatic N) is 3. The maximum Gasteiger partial charge on any atom is 0.234 e. The fourth-order valence-corrected chi connectivity index (χ4v) is 3.53. The van der Waals surface area contributed by atoms with Gasteiger partial charge in [-0.15, -0.1) is 16.4 Å². The number of rotatable bonds is 6. The van der Waals surface area contributed by atoms with Crippen LogP contribution >= 0.6 is 34.7 Å². The van der Waals surface area contributed by atoms with Gasteiger partial charge in [-0.05, 0) is 29.6 Å². The Hall–Kier alpha value is -2.34. The minimum atomic E-state index is -0.256. The maximum absolute atomic E-state index is 12.1. The summed E-state index contributed by atoms with van der Waals surface area (Å²) in [7, 11) is 0. The lowest BCUT2D eigenvalue weighted by Crippen LogP contribution is -2.15. The van der Waals surface area contributed by atoms with Gasteiger partial charge in [-0.1, -0.05) is 29.4 Å². The summed E-state index contributed by atoms with van der Waals surface area (Å²) in [6, 6.07) is 10.8. The SMILES string of the molecule is N#Cc1ccc(Cl)cc1NC(=O)CSc1n[nH]c(Cc2cccs2)n1. The van der Waals surface area contributed by atoms with Crippen molar-refractivity contribution in [2.75, 3.05) is 11.1 Å². The molecular formula is C16H12ClN5OS2. The maximum atomic E-state index is 12.1. The molecule has 25 heavy (non-hydrogen) atoms. The second-order valence-corrected chi connectivity index (χ2v) is 7.37. The first-order valence-corrected chi connectivity index (χ1v) is 9.44. The van der Waals surface area contributed by atoms with Gasteiger partial charge < -0.3 is 5.32 Å². The van der Waals surface area contributed by atoms with Crippen LogP contribution in [0.4, 0.5) is 5.69 Å². The van der Waals surface area contributed by atoms with Crippen LogP contribution in [0, 0.1) is 11.3 Å². The highest BCUT2D eigenvalue weighted by atomic mass is 35.5. The largest absolute Gasteiger partial charge is 0.324 e. The highest BCUT2D eigenvalue weighted by molar-refractivity contribution is 7.99. The third-order valence-corrected chi connectivity index (χ3v) is 5.10. The first-order valence-electron chi connectivity index (χ1n) is 7.20. The Morgan fingerprint density at radius 1 is 1.44 bits per heavy atom. The van der Waals surface area contributed by atoms with Crippen molar-refractivity contribution in [1.82, 2.24) is 15.2 Å². The molecule has 0 bridgehead atoms. The van der Waals surface area contributed by atoms with Gasteiger partial charge in [0.05, 0.1) is 17.0 Å². The average molecular weight is 390 g/mol. The molecule has 126 valence electrons. The standard InChI is InChI=1S/C16H12ClN5OS2/c17-11-4-3-10(8-18)13(6-11)19-15(23)9-25-16-20-14(21-22-16)7-12-2-1-5-24-12/h1-6H,7,9H2,(H,19,23)(H,20,21,22). The number of amides is 1. The van der Waals surface area contributed by atoms with E-state index in [0.29, 0.717) is 27.9 Å². The summed E-state index contributed by atoms with van der Waals surface area (Å²) in [6.07, 6.45) is 0.686. The summed E-state index contributed by atoms with van der Waals surface area (Å²) >= 11 is 8.78. The van der Waals surface area contributed by atoms with E-state index in [0.717, 1.165) is 5.82 Å². The van der Waals surface area contributed by atoms with Crippen molar-refractivity contribution in [3.05, 3.63) is 57.0 Å². The molecule has 0 radical (unpaired) electrons. The van der Waals surface area contributed by atoms with E-state index in [2.05, 4.69) is 20.5 Å². The minimum Gasteiger partial charge on any atom is -0.324 e. The first-order chi connectivity index (χ1) is 12.1. The molecule has 9 heteroatoms. The number of halogens is 1. The molecule has 1 amide bonds. The summed E-state index contributed by atoms with van der Waals surface area (Å²) in [4.78, 5) is 17.6. The quantitative estimate of drug-likeness (QED) is 0.626. The summed E-state index contributed by atoms with van der Waals surface area (Å²) in [5, 5.41) is 21.7. The predicted octanol–water partition coefficient (Wildman–Crippen LogP) is 3.71. The molecule has 3 rings (SSSR count). The highest BCUT2D eigenvalue weighted by Gasteiger charge is 2.11. The van der Waals surface area contributed by atoms with Crippen molar-refractivity contribution >= 4 is 46.3 Å². The number of aromatic nitrogens is 3. The van der Waals surface area contributed by atoms with Crippen molar-refractivity contribution < 1.29 is 4.79 Å². The van der Waals surface area contributed by atoms with E-state index in [1.54, 1.807) is 29.5 Å². The number of thioether (sulfide) groups is 1. The number of anilines is 1. The summed E-state index contributed by atoms with van der Waals surface area (Å²) < 4.78 is 0. The van der Waals surface area contributed by atoms with Crippen molar-refractivity contribution in [3.8, 4) is 6.07 Å². The molecule has 0 aliphatic carbocycles. The molecule has 0 saturated heterocycles. The second-order valence-electron chi connectivity index (χ2n) is 4.96. The van der Waals surface area contributed by atoms with Crippen LogP contribution in [-0.2, 0) is 11.2 Å². The van der Waals surface area contributed by atoms with Crippen molar-refractivity contribution in [3.63, 3.8) is 0 Å². The number of H-pyrrole nitrogens is 1. The number of hydrogen-bond acceptors (Lipinski definition) is 6. The lowest BCUT2D eigenvalue weighted by Gasteiger charge is -2.06. The van der Waals surface area contributed by atoms with Gasteiger partial charge in [0, 0.05) is 16.3 Å². The topological polar surface area (TPSA) is 94.5 Å². The van der Waals surface area contributed by atoms with Crippen molar-refractivity contribution in [1.29, 1.82) is 5.26 Å². The Bertz CT molecular complexity index is 917. The molecule has 3 aromatic rings. The molecule has 0 spiro atoms. The Balaban J connectivity index is 1.55. The number of hydrogen-bond donors (Lipinski definition) is 2. The molecule has 2 aromatic heterocycles. The molecule has 0 saturated carbocycles. The Morgan fingerprint density at radius 3 is 3.08 bits per heavy atom. The Morgan fingerprint density at radius 2 is 2.32 bits per heavy atom. The van der Waals surface area contributed by atoms with Crippen LogP contribution in [0.5, 0.6) is 0 Å². The van der Waals surface area contributed by atoms with E-state index in [4.69, 9.17) is 16.9 Å². The predicted molar refractivity (Wildman–Crippen MR) is 99.0 cm³/mol. The normalized spacial score (nSPS) is 10.4. The van der Waals surface area contributed by atoms with Gasteiger partial charge in [-0.2, -0.15) is 5.26 Å². The number of carbonyl (C=O) groups is 1. The molecule has 0 unspecified atom stereocenters. The zero-order valence-electron chi connectivity index (χ0n) is 12.8. The molecule has 0 aliphatic heterocycles. The number of carbonyl (C=O) groups excluding carboxylic acids is 1. The molecule has 6 nitrogen and oxygen atoms in total. The summed E-state index contributed by atoms with van der Waals surface area (Å²) in [6.45, 7) is 0. The first kappa shape index (κ1) is 17.5. The molecular weight excluding hydrogens is 378 g/mol. The van der Waals surface area contributed by atoms with Crippen LogP contribution in [0.15, 0.2) is 40.9 Å². The van der Waals surface area contributed by atoms with E-state index in [1.165, 1.54) is 16.6 Å². The number of nitrogens with one attached hydrogen (secondary N) is 2. The van der Waals surface area contributed by atoms with E-state index in [9.17, 15) is 4.79 Å². The monoisotopic (exact) mass is 389 g/mol. The molecule has 1 aromatic carbocycles. The average Bonchev–Trinajstić information content (AvgIpc) is 3.26. The number of aromatic amines is 1. The van der Waals surface area contributed by atoms with Crippen LogP contribution in [0.1, 0.15) is 16.3 Å². The Kier molecular flexibility index (Phi) is 5.71.